The van der Waals surface area contributed by atoms with Gasteiger partial charge in [0, 0.05) is 19.2 Å². The van der Waals surface area contributed by atoms with Gasteiger partial charge in [-0.05, 0) is 43.8 Å². The van der Waals surface area contributed by atoms with E-state index in [9.17, 15) is 4.39 Å². The van der Waals surface area contributed by atoms with Crippen molar-refractivity contribution in [1.29, 1.82) is 0 Å². The fraction of sp³-hybridized carbons (Fsp3) is 0.308. The van der Waals surface area contributed by atoms with Gasteiger partial charge in [0.1, 0.15) is 5.82 Å². The Morgan fingerprint density at radius 1 is 1.35 bits per heavy atom. The van der Waals surface area contributed by atoms with Crippen LogP contribution in [0.1, 0.15) is 11.3 Å². The van der Waals surface area contributed by atoms with E-state index in [1.165, 1.54) is 6.07 Å². The molecular weight excluding hydrogens is 217 g/mol. The van der Waals surface area contributed by atoms with Gasteiger partial charge in [-0.3, -0.25) is 4.68 Å². The number of aryl methyl sites for hydroxylation is 2. The lowest BCUT2D eigenvalue weighted by Gasteiger charge is -1.99. The highest BCUT2D eigenvalue weighted by atomic mass is 19.1. The smallest absolute Gasteiger partial charge is 0.126 e. The van der Waals surface area contributed by atoms with E-state index in [1.807, 2.05) is 30.9 Å². The second-order valence-electron chi connectivity index (χ2n) is 4.14. The lowest BCUT2D eigenvalue weighted by atomic mass is 10.1. The van der Waals surface area contributed by atoms with Crippen LogP contribution in [0.15, 0.2) is 24.3 Å². The molecule has 1 aromatic heterocycles. The molecule has 1 heterocycles. The molecule has 0 fully saturated rings. The van der Waals surface area contributed by atoms with Gasteiger partial charge in [0.15, 0.2) is 0 Å². The van der Waals surface area contributed by atoms with Crippen LogP contribution in [0.3, 0.4) is 0 Å². The molecule has 0 unspecified atom stereocenters. The van der Waals surface area contributed by atoms with E-state index in [0.29, 0.717) is 5.56 Å². The Labute approximate surface area is 100 Å². The number of rotatable bonds is 3. The van der Waals surface area contributed by atoms with Crippen LogP contribution in [0, 0.1) is 12.7 Å². The summed E-state index contributed by atoms with van der Waals surface area (Å²) in [6, 6.07) is 7.08. The Balaban J connectivity index is 2.39. The number of benzene rings is 1. The monoisotopic (exact) mass is 233 g/mol. The summed E-state index contributed by atoms with van der Waals surface area (Å²) < 4.78 is 15.0. The van der Waals surface area contributed by atoms with Gasteiger partial charge >= 0.3 is 0 Å². The zero-order chi connectivity index (χ0) is 12.4. The average Bonchev–Trinajstić information content (AvgIpc) is 2.65. The highest BCUT2D eigenvalue weighted by Crippen LogP contribution is 2.21. The lowest BCUT2D eigenvalue weighted by molar-refractivity contribution is 0.618. The maximum atomic E-state index is 13.2. The van der Waals surface area contributed by atoms with Gasteiger partial charge in [-0.2, -0.15) is 5.10 Å². The Morgan fingerprint density at radius 3 is 2.76 bits per heavy atom. The highest BCUT2D eigenvalue weighted by molar-refractivity contribution is 5.60. The van der Waals surface area contributed by atoms with E-state index >= 15 is 0 Å². The normalized spacial score (nSPS) is 10.8. The first-order valence-corrected chi connectivity index (χ1v) is 5.56. The van der Waals surface area contributed by atoms with Crippen molar-refractivity contribution in [2.75, 3.05) is 7.05 Å². The number of halogens is 1. The molecule has 2 aromatic rings. The number of hydrogen-bond donors (Lipinski definition) is 1. The molecule has 0 saturated carbocycles. The molecule has 0 aliphatic carbocycles. The minimum absolute atomic E-state index is 0.180. The molecule has 4 heteroatoms. The maximum Gasteiger partial charge on any atom is 0.126 e. The Hall–Kier alpha value is -1.68. The van der Waals surface area contributed by atoms with Crippen molar-refractivity contribution in [1.82, 2.24) is 15.1 Å². The maximum absolute atomic E-state index is 13.2. The molecule has 1 N–H and O–H groups in total. The van der Waals surface area contributed by atoms with Gasteiger partial charge in [0.05, 0.1) is 11.4 Å². The van der Waals surface area contributed by atoms with Crippen LogP contribution in [-0.4, -0.2) is 16.8 Å². The second-order valence-corrected chi connectivity index (χ2v) is 4.14. The summed E-state index contributed by atoms with van der Waals surface area (Å²) in [4.78, 5) is 0. The fourth-order valence-corrected chi connectivity index (χ4v) is 1.80. The fourth-order valence-electron chi connectivity index (χ4n) is 1.80. The van der Waals surface area contributed by atoms with E-state index in [4.69, 9.17) is 0 Å². The number of hydrogen-bond acceptors (Lipinski definition) is 2. The first kappa shape index (κ1) is 11.8. The Bertz CT molecular complexity index is 531. The van der Waals surface area contributed by atoms with E-state index in [0.717, 1.165) is 23.5 Å². The van der Waals surface area contributed by atoms with Crippen LogP contribution < -0.4 is 5.32 Å². The number of nitrogens with zero attached hydrogens (tertiary/aromatic N) is 2. The minimum atomic E-state index is -0.180. The van der Waals surface area contributed by atoms with Crippen molar-refractivity contribution >= 4 is 0 Å². The topological polar surface area (TPSA) is 29.9 Å². The summed E-state index contributed by atoms with van der Waals surface area (Å²) in [6.07, 6.45) is 0. The van der Waals surface area contributed by atoms with E-state index in [-0.39, 0.29) is 5.82 Å². The second kappa shape index (κ2) is 4.67. The molecule has 2 rings (SSSR count). The van der Waals surface area contributed by atoms with Crippen molar-refractivity contribution < 1.29 is 4.39 Å². The zero-order valence-electron chi connectivity index (χ0n) is 10.3. The summed E-state index contributed by atoms with van der Waals surface area (Å²) in [5.74, 6) is -0.180. The highest BCUT2D eigenvalue weighted by Gasteiger charge is 2.08. The summed E-state index contributed by atoms with van der Waals surface area (Å²) in [5, 5.41) is 7.51. The van der Waals surface area contributed by atoms with Gasteiger partial charge in [-0.1, -0.05) is 0 Å². The molecular formula is C13H16FN3. The Kier molecular flexibility index (Phi) is 3.24. The van der Waals surface area contributed by atoms with Crippen molar-refractivity contribution in [3.63, 3.8) is 0 Å². The van der Waals surface area contributed by atoms with Crippen LogP contribution in [0.4, 0.5) is 4.39 Å². The summed E-state index contributed by atoms with van der Waals surface area (Å²) in [5.41, 5.74) is 3.57. The van der Waals surface area contributed by atoms with Gasteiger partial charge in [0.2, 0.25) is 0 Å². The quantitative estimate of drug-likeness (QED) is 0.881. The molecule has 17 heavy (non-hydrogen) atoms. The molecule has 1 aromatic carbocycles. The molecule has 0 spiro atoms. The summed E-state index contributed by atoms with van der Waals surface area (Å²) >= 11 is 0. The lowest BCUT2D eigenvalue weighted by Crippen LogP contribution is -2.09. The minimum Gasteiger partial charge on any atom is -0.314 e. The molecule has 0 saturated heterocycles. The first-order chi connectivity index (χ1) is 8.11. The van der Waals surface area contributed by atoms with E-state index in [1.54, 1.807) is 13.0 Å². The Morgan fingerprint density at radius 2 is 2.12 bits per heavy atom. The predicted octanol–water partition coefficient (Wildman–Crippen LogP) is 2.25. The molecule has 3 nitrogen and oxygen atoms in total. The summed E-state index contributed by atoms with van der Waals surface area (Å²) in [7, 11) is 3.81. The SMILES string of the molecule is CNCc1cc(-c2ccc(F)c(C)c2)nn1C. The van der Waals surface area contributed by atoms with Crippen LogP contribution >= 0.6 is 0 Å². The molecule has 0 radical (unpaired) electrons. The molecule has 90 valence electrons. The average molecular weight is 233 g/mol. The van der Waals surface area contributed by atoms with E-state index < -0.39 is 0 Å². The first-order valence-electron chi connectivity index (χ1n) is 5.56. The van der Waals surface area contributed by atoms with Crippen LogP contribution in [0.2, 0.25) is 0 Å². The van der Waals surface area contributed by atoms with Crippen LogP contribution in [0.5, 0.6) is 0 Å². The van der Waals surface area contributed by atoms with Crippen LogP contribution in [-0.2, 0) is 13.6 Å². The van der Waals surface area contributed by atoms with Crippen molar-refractivity contribution in [2.24, 2.45) is 7.05 Å². The van der Waals surface area contributed by atoms with Crippen LogP contribution in [0.25, 0.3) is 11.3 Å². The van der Waals surface area contributed by atoms with Gasteiger partial charge in [-0.15, -0.1) is 0 Å². The molecule has 0 aliphatic heterocycles. The number of aromatic nitrogens is 2. The third-order valence-corrected chi connectivity index (χ3v) is 2.79. The van der Waals surface area contributed by atoms with Crippen molar-refractivity contribution in [2.45, 2.75) is 13.5 Å². The van der Waals surface area contributed by atoms with Crippen molar-refractivity contribution in [3.8, 4) is 11.3 Å². The largest absolute Gasteiger partial charge is 0.314 e. The zero-order valence-corrected chi connectivity index (χ0v) is 10.3. The third-order valence-electron chi connectivity index (χ3n) is 2.79. The third kappa shape index (κ3) is 2.36. The molecule has 0 bridgehead atoms. The van der Waals surface area contributed by atoms with Gasteiger partial charge < -0.3 is 5.32 Å². The number of nitrogens with one attached hydrogen (secondary N) is 1. The van der Waals surface area contributed by atoms with Gasteiger partial charge in [-0.25, -0.2) is 4.39 Å². The molecule has 0 amide bonds. The molecule has 0 aliphatic rings. The molecule has 0 atom stereocenters. The predicted molar refractivity (Wildman–Crippen MR) is 66.1 cm³/mol. The summed E-state index contributed by atoms with van der Waals surface area (Å²) in [6.45, 7) is 2.53. The van der Waals surface area contributed by atoms with Gasteiger partial charge in [0.25, 0.3) is 0 Å². The standard InChI is InChI=1S/C13H16FN3/c1-9-6-10(4-5-12(9)14)13-7-11(8-15-2)17(3)16-13/h4-7,15H,8H2,1-3H3. The van der Waals surface area contributed by atoms with Crippen molar-refractivity contribution in [3.05, 3.63) is 41.3 Å². The van der Waals surface area contributed by atoms with E-state index in [2.05, 4.69) is 10.4 Å².